The minimum absolute atomic E-state index is 0.0108. The molecule has 0 spiro atoms. The average Bonchev–Trinajstić information content (AvgIpc) is 2.45. The first kappa shape index (κ1) is 15.4. The van der Waals surface area contributed by atoms with Crippen LogP contribution in [0.4, 0.5) is 5.69 Å². The normalized spacial score (nSPS) is 18.8. The largest absolute Gasteiger partial charge is 0.479 e. The second-order valence-corrected chi connectivity index (χ2v) is 5.51. The Labute approximate surface area is 125 Å². The maximum absolute atomic E-state index is 11.9. The van der Waals surface area contributed by atoms with Gasteiger partial charge in [-0.3, -0.25) is 9.59 Å². The van der Waals surface area contributed by atoms with Gasteiger partial charge in [0.05, 0.1) is 12.1 Å². The standard InChI is InChI=1S/C16H22N2O3/c1-5-10(2)17-15(19)9-12-6-7-14-13(8-12)18(4)16(20)11(3)21-14/h6-8,10-11H,5,9H2,1-4H3,(H,17,19). The molecule has 1 aromatic carbocycles. The van der Waals surface area contributed by atoms with Gasteiger partial charge in [-0.05, 0) is 38.0 Å². The summed E-state index contributed by atoms with van der Waals surface area (Å²) in [5.74, 6) is 0.586. The Morgan fingerprint density at radius 2 is 2.19 bits per heavy atom. The highest BCUT2D eigenvalue weighted by Crippen LogP contribution is 2.33. The van der Waals surface area contributed by atoms with E-state index in [0.717, 1.165) is 12.0 Å². The monoisotopic (exact) mass is 290 g/mol. The predicted molar refractivity (Wildman–Crippen MR) is 81.5 cm³/mol. The van der Waals surface area contributed by atoms with Crippen LogP contribution in [0.3, 0.4) is 0 Å². The van der Waals surface area contributed by atoms with E-state index in [4.69, 9.17) is 4.74 Å². The van der Waals surface area contributed by atoms with E-state index < -0.39 is 6.10 Å². The topological polar surface area (TPSA) is 58.6 Å². The van der Waals surface area contributed by atoms with E-state index in [1.807, 2.05) is 32.0 Å². The molecule has 1 aromatic rings. The zero-order valence-electron chi connectivity index (χ0n) is 13.0. The van der Waals surface area contributed by atoms with Crippen molar-refractivity contribution in [3.8, 4) is 5.75 Å². The number of likely N-dealkylation sites (N-methyl/N-ethyl adjacent to an activating group) is 1. The van der Waals surface area contributed by atoms with Crippen molar-refractivity contribution in [2.45, 2.75) is 45.8 Å². The highest BCUT2D eigenvalue weighted by atomic mass is 16.5. The van der Waals surface area contributed by atoms with Crippen LogP contribution in [0.5, 0.6) is 5.75 Å². The summed E-state index contributed by atoms with van der Waals surface area (Å²) in [5.41, 5.74) is 1.58. The minimum atomic E-state index is -0.470. The van der Waals surface area contributed by atoms with Crippen molar-refractivity contribution in [3.63, 3.8) is 0 Å². The number of carbonyl (C=O) groups is 2. The van der Waals surface area contributed by atoms with Crippen LogP contribution < -0.4 is 15.0 Å². The number of carbonyl (C=O) groups excluding carboxylic acids is 2. The SMILES string of the molecule is CCC(C)NC(=O)Cc1ccc2c(c1)N(C)C(=O)C(C)O2. The molecular formula is C16H22N2O3. The Bertz CT molecular complexity index is 556. The maximum Gasteiger partial charge on any atom is 0.267 e. The molecule has 5 heteroatoms. The van der Waals surface area contributed by atoms with E-state index >= 15 is 0 Å². The van der Waals surface area contributed by atoms with Gasteiger partial charge in [0.1, 0.15) is 5.75 Å². The lowest BCUT2D eigenvalue weighted by atomic mass is 10.1. The van der Waals surface area contributed by atoms with Crippen molar-refractivity contribution in [3.05, 3.63) is 23.8 Å². The fourth-order valence-electron chi connectivity index (χ4n) is 2.28. The second kappa shape index (κ2) is 6.16. The number of hydrogen-bond donors (Lipinski definition) is 1. The van der Waals surface area contributed by atoms with Crippen LogP contribution in [0.2, 0.25) is 0 Å². The number of rotatable bonds is 4. The van der Waals surface area contributed by atoms with Crippen LogP contribution in [-0.4, -0.2) is 31.0 Å². The van der Waals surface area contributed by atoms with Crippen LogP contribution in [0.25, 0.3) is 0 Å². The van der Waals surface area contributed by atoms with Crippen molar-refractivity contribution in [2.75, 3.05) is 11.9 Å². The Balaban J connectivity index is 2.14. The van der Waals surface area contributed by atoms with Gasteiger partial charge in [-0.15, -0.1) is 0 Å². The molecule has 21 heavy (non-hydrogen) atoms. The van der Waals surface area contributed by atoms with E-state index in [-0.39, 0.29) is 17.9 Å². The molecule has 0 bridgehead atoms. The van der Waals surface area contributed by atoms with Gasteiger partial charge in [0.2, 0.25) is 5.91 Å². The zero-order valence-corrected chi connectivity index (χ0v) is 13.0. The van der Waals surface area contributed by atoms with Crippen LogP contribution in [0, 0.1) is 0 Å². The Morgan fingerprint density at radius 3 is 2.86 bits per heavy atom. The molecule has 0 aromatic heterocycles. The third-order valence-corrected chi connectivity index (χ3v) is 3.75. The lowest BCUT2D eigenvalue weighted by molar-refractivity contribution is -0.125. The molecule has 1 heterocycles. The van der Waals surface area contributed by atoms with Gasteiger partial charge in [-0.2, -0.15) is 0 Å². The smallest absolute Gasteiger partial charge is 0.267 e. The molecule has 2 amide bonds. The first-order valence-electron chi connectivity index (χ1n) is 7.29. The summed E-state index contributed by atoms with van der Waals surface area (Å²) in [5, 5.41) is 2.93. The van der Waals surface area contributed by atoms with Gasteiger partial charge in [0, 0.05) is 13.1 Å². The Morgan fingerprint density at radius 1 is 1.48 bits per heavy atom. The van der Waals surface area contributed by atoms with Crippen LogP contribution in [-0.2, 0) is 16.0 Å². The first-order chi connectivity index (χ1) is 9.92. The lowest BCUT2D eigenvalue weighted by Gasteiger charge is -2.30. The summed E-state index contributed by atoms with van der Waals surface area (Å²) >= 11 is 0. The average molecular weight is 290 g/mol. The van der Waals surface area contributed by atoms with Crippen molar-refractivity contribution < 1.29 is 14.3 Å². The van der Waals surface area contributed by atoms with Crippen molar-refractivity contribution in [1.82, 2.24) is 5.32 Å². The molecule has 0 saturated heterocycles. The van der Waals surface area contributed by atoms with Crippen molar-refractivity contribution in [2.24, 2.45) is 0 Å². The minimum Gasteiger partial charge on any atom is -0.479 e. The fraction of sp³-hybridized carbons (Fsp3) is 0.500. The molecule has 114 valence electrons. The lowest BCUT2D eigenvalue weighted by Crippen LogP contribution is -2.42. The van der Waals surface area contributed by atoms with Crippen LogP contribution in [0.15, 0.2) is 18.2 Å². The van der Waals surface area contributed by atoms with Gasteiger partial charge in [0.15, 0.2) is 6.10 Å². The molecule has 1 aliphatic heterocycles. The molecule has 2 rings (SSSR count). The number of benzene rings is 1. The van der Waals surface area contributed by atoms with E-state index in [0.29, 0.717) is 17.9 Å². The first-order valence-corrected chi connectivity index (χ1v) is 7.29. The molecule has 0 saturated carbocycles. The molecule has 0 radical (unpaired) electrons. The van der Waals surface area contributed by atoms with Gasteiger partial charge in [0.25, 0.3) is 5.91 Å². The van der Waals surface area contributed by atoms with Gasteiger partial charge in [-0.1, -0.05) is 13.0 Å². The number of amides is 2. The molecule has 5 nitrogen and oxygen atoms in total. The zero-order chi connectivity index (χ0) is 15.6. The highest BCUT2D eigenvalue weighted by Gasteiger charge is 2.28. The molecular weight excluding hydrogens is 268 g/mol. The third kappa shape index (κ3) is 3.35. The molecule has 2 atom stereocenters. The number of nitrogens with one attached hydrogen (secondary N) is 1. The fourth-order valence-corrected chi connectivity index (χ4v) is 2.28. The molecule has 1 N–H and O–H groups in total. The third-order valence-electron chi connectivity index (χ3n) is 3.75. The van der Waals surface area contributed by atoms with Crippen LogP contribution in [0.1, 0.15) is 32.8 Å². The van der Waals surface area contributed by atoms with Gasteiger partial charge >= 0.3 is 0 Å². The molecule has 1 aliphatic rings. The van der Waals surface area contributed by atoms with Crippen molar-refractivity contribution in [1.29, 1.82) is 0 Å². The summed E-state index contributed by atoms with van der Waals surface area (Å²) < 4.78 is 5.56. The van der Waals surface area contributed by atoms with E-state index in [1.165, 1.54) is 0 Å². The number of ether oxygens (including phenoxy) is 1. The van der Waals surface area contributed by atoms with E-state index in [9.17, 15) is 9.59 Å². The number of hydrogen-bond acceptors (Lipinski definition) is 3. The number of nitrogens with zero attached hydrogens (tertiary/aromatic N) is 1. The summed E-state index contributed by atoms with van der Waals surface area (Å²) in [6.07, 6.45) is 0.732. The quantitative estimate of drug-likeness (QED) is 0.921. The van der Waals surface area contributed by atoms with Crippen molar-refractivity contribution >= 4 is 17.5 Å². The Hall–Kier alpha value is -2.04. The number of anilines is 1. The predicted octanol–water partition coefficient (Wildman–Crippen LogP) is 1.89. The van der Waals surface area contributed by atoms with Crippen LogP contribution >= 0.6 is 0 Å². The van der Waals surface area contributed by atoms with Gasteiger partial charge < -0.3 is 15.0 Å². The summed E-state index contributed by atoms with van der Waals surface area (Å²) in [4.78, 5) is 25.4. The summed E-state index contributed by atoms with van der Waals surface area (Å²) in [6.45, 7) is 5.74. The van der Waals surface area contributed by atoms with Gasteiger partial charge in [-0.25, -0.2) is 0 Å². The molecule has 0 fully saturated rings. The second-order valence-electron chi connectivity index (χ2n) is 5.51. The number of fused-ring (bicyclic) bond motifs is 1. The molecule has 2 unspecified atom stereocenters. The van der Waals surface area contributed by atoms with E-state index in [2.05, 4.69) is 5.32 Å². The van der Waals surface area contributed by atoms with E-state index in [1.54, 1.807) is 18.9 Å². The summed E-state index contributed by atoms with van der Waals surface area (Å²) in [6, 6.07) is 5.70. The highest BCUT2D eigenvalue weighted by molar-refractivity contribution is 5.99. The summed E-state index contributed by atoms with van der Waals surface area (Å²) in [7, 11) is 1.73. The molecule has 0 aliphatic carbocycles. The maximum atomic E-state index is 11.9. The Kier molecular flexibility index (Phi) is 4.50.